The molecule has 3 nitrogen and oxygen atoms in total. The minimum absolute atomic E-state index is 0.161. The lowest BCUT2D eigenvalue weighted by Gasteiger charge is -2.22. The van der Waals surface area contributed by atoms with Crippen LogP contribution in [0.1, 0.15) is 16.7 Å². The van der Waals surface area contributed by atoms with Crippen LogP contribution in [0.3, 0.4) is 0 Å². The van der Waals surface area contributed by atoms with Crippen molar-refractivity contribution in [1.82, 2.24) is 10.3 Å². The highest BCUT2D eigenvalue weighted by atomic mass is 32.1. The number of rotatable bonds is 2. The van der Waals surface area contributed by atoms with Crippen LogP contribution in [0.15, 0.2) is 30.3 Å². The van der Waals surface area contributed by atoms with Crippen molar-refractivity contribution in [3.8, 4) is 10.6 Å². The summed E-state index contributed by atoms with van der Waals surface area (Å²) in [7, 11) is 0. The molecule has 1 aliphatic heterocycles. The maximum absolute atomic E-state index is 5.80. The second-order valence-electron chi connectivity index (χ2n) is 4.40. The Kier molecular flexibility index (Phi) is 3.41. The fraction of sp³-hybridized carbons (Fsp3) is 0.357. The highest BCUT2D eigenvalue weighted by Crippen LogP contribution is 2.33. The third-order valence-electron chi connectivity index (χ3n) is 3.07. The molecular formula is C14H16N2OS. The second-order valence-corrected chi connectivity index (χ2v) is 5.43. The van der Waals surface area contributed by atoms with Gasteiger partial charge in [0.25, 0.3) is 0 Å². The first-order chi connectivity index (χ1) is 8.84. The zero-order chi connectivity index (χ0) is 12.4. The predicted molar refractivity (Wildman–Crippen MR) is 73.8 cm³/mol. The molecule has 2 aromatic rings. The molecule has 0 aliphatic carbocycles. The summed E-state index contributed by atoms with van der Waals surface area (Å²) >= 11 is 1.74. The van der Waals surface area contributed by atoms with Gasteiger partial charge in [-0.25, -0.2) is 4.98 Å². The van der Waals surface area contributed by atoms with Gasteiger partial charge in [-0.3, -0.25) is 0 Å². The lowest BCUT2D eigenvalue weighted by molar-refractivity contribution is 0.0295. The van der Waals surface area contributed by atoms with Crippen molar-refractivity contribution in [2.75, 3.05) is 19.7 Å². The number of ether oxygens (including phenoxy) is 1. The van der Waals surface area contributed by atoms with E-state index >= 15 is 0 Å². The Morgan fingerprint density at radius 1 is 1.33 bits per heavy atom. The van der Waals surface area contributed by atoms with Crippen LogP contribution in [0.4, 0.5) is 0 Å². The Morgan fingerprint density at radius 3 is 2.89 bits per heavy atom. The van der Waals surface area contributed by atoms with Crippen molar-refractivity contribution < 1.29 is 4.74 Å². The fourth-order valence-electron chi connectivity index (χ4n) is 2.14. The number of nitrogens with zero attached hydrogens (tertiary/aromatic N) is 1. The summed E-state index contributed by atoms with van der Waals surface area (Å²) in [6.07, 6.45) is 0.161. The highest BCUT2D eigenvalue weighted by Gasteiger charge is 2.21. The molecular weight excluding hydrogens is 244 g/mol. The smallest absolute Gasteiger partial charge is 0.123 e. The minimum atomic E-state index is 0.161. The van der Waals surface area contributed by atoms with E-state index in [0.717, 1.165) is 30.4 Å². The Balaban J connectivity index is 1.91. The Bertz CT molecular complexity index is 518. The lowest BCUT2D eigenvalue weighted by atomic mass is 10.2. The Morgan fingerprint density at radius 2 is 2.17 bits per heavy atom. The molecule has 0 bridgehead atoms. The summed E-state index contributed by atoms with van der Waals surface area (Å²) < 4.78 is 5.80. The van der Waals surface area contributed by atoms with Crippen molar-refractivity contribution in [1.29, 1.82) is 0 Å². The molecule has 0 amide bonds. The molecule has 1 aromatic carbocycles. The average molecular weight is 260 g/mol. The molecule has 18 heavy (non-hydrogen) atoms. The van der Waals surface area contributed by atoms with E-state index in [0.29, 0.717) is 0 Å². The van der Waals surface area contributed by atoms with E-state index in [4.69, 9.17) is 4.74 Å². The number of aryl methyl sites for hydroxylation is 1. The van der Waals surface area contributed by atoms with Gasteiger partial charge in [0.15, 0.2) is 0 Å². The van der Waals surface area contributed by atoms with E-state index in [1.165, 1.54) is 10.4 Å². The van der Waals surface area contributed by atoms with E-state index in [2.05, 4.69) is 29.4 Å². The van der Waals surface area contributed by atoms with Gasteiger partial charge in [0, 0.05) is 18.7 Å². The van der Waals surface area contributed by atoms with Gasteiger partial charge in [-0.05, 0) is 6.92 Å². The molecule has 4 heteroatoms. The van der Waals surface area contributed by atoms with Gasteiger partial charge >= 0.3 is 0 Å². The zero-order valence-electron chi connectivity index (χ0n) is 10.3. The number of benzene rings is 1. The third kappa shape index (κ3) is 2.32. The van der Waals surface area contributed by atoms with Gasteiger partial charge in [-0.1, -0.05) is 30.3 Å². The molecule has 94 valence electrons. The van der Waals surface area contributed by atoms with Crippen molar-refractivity contribution in [2.24, 2.45) is 0 Å². The molecule has 3 rings (SSSR count). The van der Waals surface area contributed by atoms with Gasteiger partial charge in [0.2, 0.25) is 0 Å². The molecule has 2 heterocycles. The van der Waals surface area contributed by atoms with Crippen LogP contribution >= 0.6 is 11.3 Å². The van der Waals surface area contributed by atoms with Crippen LogP contribution in [0, 0.1) is 6.92 Å². The number of thiazole rings is 1. The summed E-state index contributed by atoms with van der Waals surface area (Å²) in [6.45, 7) is 4.68. The van der Waals surface area contributed by atoms with Crippen molar-refractivity contribution >= 4 is 11.3 Å². The largest absolute Gasteiger partial charge is 0.370 e. The summed E-state index contributed by atoms with van der Waals surface area (Å²) in [5, 5.41) is 4.44. The molecule has 0 spiro atoms. The first-order valence-corrected chi connectivity index (χ1v) is 7.01. The van der Waals surface area contributed by atoms with Crippen LogP contribution in [0.5, 0.6) is 0 Å². The molecule has 1 aromatic heterocycles. The van der Waals surface area contributed by atoms with E-state index < -0.39 is 0 Å². The van der Waals surface area contributed by atoms with Crippen molar-refractivity contribution in [2.45, 2.75) is 13.0 Å². The topological polar surface area (TPSA) is 34.2 Å². The molecule has 1 atom stereocenters. The van der Waals surface area contributed by atoms with Crippen LogP contribution in [-0.4, -0.2) is 24.7 Å². The maximum Gasteiger partial charge on any atom is 0.123 e. The van der Waals surface area contributed by atoms with Crippen LogP contribution in [0.25, 0.3) is 10.6 Å². The highest BCUT2D eigenvalue weighted by molar-refractivity contribution is 7.15. The number of hydrogen-bond donors (Lipinski definition) is 1. The van der Waals surface area contributed by atoms with E-state index in [9.17, 15) is 0 Å². The number of morpholine rings is 1. The molecule has 0 saturated carbocycles. The average Bonchev–Trinajstić information content (AvgIpc) is 2.83. The quantitative estimate of drug-likeness (QED) is 0.901. The molecule has 1 saturated heterocycles. The zero-order valence-corrected chi connectivity index (χ0v) is 11.2. The Hall–Kier alpha value is -1.23. The monoisotopic (exact) mass is 260 g/mol. The summed E-state index contributed by atoms with van der Waals surface area (Å²) in [5.41, 5.74) is 2.27. The fourth-order valence-corrected chi connectivity index (χ4v) is 3.27. The summed E-state index contributed by atoms with van der Waals surface area (Å²) in [6, 6.07) is 10.3. The summed E-state index contributed by atoms with van der Waals surface area (Å²) in [5.74, 6) is 0. The maximum atomic E-state index is 5.80. The van der Waals surface area contributed by atoms with Gasteiger partial charge in [-0.2, -0.15) is 0 Å². The lowest BCUT2D eigenvalue weighted by Crippen LogP contribution is -2.33. The molecule has 1 fully saturated rings. The van der Waals surface area contributed by atoms with Crippen LogP contribution in [0.2, 0.25) is 0 Å². The molecule has 1 aliphatic rings. The van der Waals surface area contributed by atoms with Gasteiger partial charge in [0.05, 0.1) is 17.2 Å². The summed E-state index contributed by atoms with van der Waals surface area (Å²) in [4.78, 5) is 5.92. The molecule has 0 radical (unpaired) electrons. The minimum Gasteiger partial charge on any atom is -0.370 e. The van der Waals surface area contributed by atoms with E-state index in [1.807, 2.05) is 18.2 Å². The first-order valence-electron chi connectivity index (χ1n) is 6.19. The predicted octanol–water partition coefficient (Wildman–Crippen LogP) is 2.78. The van der Waals surface area contributed by atoms with E-state index in [-0.39, 0.29) is 6.10 Å². The Labute approximate surface area is 111 Å². The van der Waals surface area contributed by atoms with Gasteiger partial charge < -0.3 is 10.1 Å². The molecule has 1 unspecified atom stereocenters. The number of hydrogen-bond acceptors (Lipinski definition) is 4. The standard InChI is InChI=1S/C14H16N2OS/c1-10-13(12-9-15-7-8-17-12)18-14(16-10)11-5-3-2-4-6-11/h2-6,12,15H,7-9H2,1H3. The molecule has 1 N–H and O–H groups in total. The van der Waals surface area contributed by atoms with E-state index in [1.54, 1.807) is 11.3 Å². The van der Waals surface area contributed by atoms with Crippen LogP contribution in [-0.2, 0) is 4.74 Å². The first kappa shape index (κ1) is 11.8. The SMILES string of the molecule is Cc1nc(-c2ccccc2)sc1C1CNCCO1. The van der Waals surface area contributed by atoms with Crippen LogP contribution < -0.4 is 5.32 Å². The van der Waals surface area contributed by atoms with Crippen molar-refractivity contribution in [3.05, 3.63) is 40.9 Å². The third-order valence-corrected chi connectivity index (χ3v) is 4.37. The second kappa shape index (κ2) is 5.18. The normalized spacial score (nSPS) is 19.9. The van der Waals surface area contributed by atoms with Gasteiger partial charge in [-0.15, -0.1) is 11.3 Å². The number of aromatic nitrogens is 1. The van der Waals surface area contributed by atoms with Crippen molar-refractivity contribution in [3.63, 3.8) is 0 Å². The number of nitrogens with one attached hydrogen (secondary N) is 1. The van der Waals surface area contributed by atoms with Gasteiger partial charge in [0.1, 0.15) is 11.1 Å².